The summed E-state index contributed by atoms with van der Waals surface area (Å²) < 4.78 is 22.8. The first-order valence-corrected chi connectivity index (χ1v) is 14.2. The van der Waals surface area contributed by atoms with E-state index in [4.69, 9.17) is 18.6 Å². The van der Waals surface area contributed by atoms with Crippen molar-refractivity contribution >= 4 is 11.9 Å². The van der Waals surface area contributed by atoms with Crippen molar-refractivity contribution in [1.82, 2.24) is 4.98 Å². The molecule has 0 radical (unpaired) electrons. The highest BCUT2D eigenvalue weighted by atomic mass is 16.6. The SMILES string of the molecule is Cc1oc(-c2ccccc2)nc1CCOc1ccc(CC(C(=O)OCc2ccccc2)C(=O)OCc2ccccc2)cc1. The molecule has 5 rings (SSSR count). The van der Waals surface area contributed by atoms with Crippen molar-refractivity contribution in [3.05, 3.63) is 143 Å². The number of esters is 2. The highest BCUT2D eigenvalue weighted by molar-refractivity contribution is 5.95. The molecule has 7 heteroatoms. The van der Waals surface area contributed by atoms with Gasteiger partial charge in [-0.15, -0.1) is 0 Å². The summed E-state index contributed by atoms with van der Waals surface area (Å²) in [4.78, 5) is 30.8. The highest BCUT2D eigenvalue weighted by Gasteiger charge is 2.30. The quantitative estimate of drug-likeness (QED) is 0.111. The van der Waals surface area contributed by atoms with Crippen LogP contribution in [0.25, 0.3) is 11.5 Å². The zero-order chi connectivity index (χ0) is 29.9. The van der Waals surface area contributed by atoms with Crippen molar-refractivity contribution in [2.24, 2.45) is 5.92 Å². The standard InChI is InChI=1S/C36H33NO6/c1-26-33(37-34(43-26)30-15-9-4-10-16-30)21-22-40-31-19-17-27(18-20-31)23-32(35(38)41-24-28-11-5-2-6-12-28)36(39)42-25-29-13-7-3-8-14-29/h2-20,32H,21-25H2,1H3. The Balaban J connectivity index is 1.18. The van der Waals surface area contributed by atoms with E-state index in [0.717, 1.165) is 33.7 Å². The largest absolute Gasteiger partial charge is 0.493 e. The van der Waals surface area contributed by atoms with E-state index in [1.807, 2.05) is 122 Å². The molecule has 0 N–H and O–H groups in total. The fraction of sp³-hybridized carbons (Fsp3) is 0.194. The lowest BCUT2D eigenvalue weighted by molar-refractivity contribution is -0.163. The molecule has 43 heavy (non-hydrogen) atoms. The van der Waals surface area contributed by atoms with E-state index in [-0.39, 0.29) is 19.6 Å². The number of aryl methyl sites for hydroxylation is 1. The van der Waals surface area contributed by atoms with E-state index < -0.39 is 17.9 Å². The summed E-state index contributed by atoms with van der Waals surface area (Å²) in [5.74, 6) is -0.324. The Hall–Kier alpha value is -5.17. The van der Waals surface area contributed by atoms with E-state index in [1.165, 1.54) is 0 Å². The lowest BCUT2D eigenvalue weighted by Gasteiger charge is -2.16. The summed E-state index contributed by atoms with van der Waals surface area (Å²) in [5, 5.41) is 0. The van der Waals surface area contributed by atoms with Gasteiger partial charge in [-0.1, -0.05) is 91.0 Å². The van der Waals surface area contributed by atoms with Gasteiger partial charge in [-0.25, -0.2) is 4.98 Å². The third-order valence-corrected chi connectivity index (χ3v) is 6.90. The Bertz CT molecular complexity index is 1540. The van der Waals surface area contributed by atoms with Gasteiger partial charge in [-0.3, -0.25) is 9.59 Å². The minimum absolute atomic E-state index is 0.0761. The normalized spacial score (nSPS) is 10.8. The molecule has 5 aromatic rings. The Morgan fingerprint density at radius 1 is 0.698 bits per heavy atom. The smallest absolute Gasteiger partial charge is 0.321 e. The van der Waals surface area contributed by atoms with Gasteiger partial charge in [0.2, 0.25) is 5.89 Å². The van der Waals surface area contributed by atoms with Gasteiger partial charge in [-0.05, 0) is 54.3 Å². The molecule has 0 bridgehead atoms. The molecule has 0 amide bonds. The van der Waals surface area contributed by atoms with Crippen molar-refractivity contribution < 1.29 is 28.2 Å². The number of nitrogens with zero attached hydrogens (tertiary/aromatic N) is 1. The molecule has 0 fully saturated rings. The first-order chi connectivity index (χ1) is 21.0. The number of aromatic nitrogens is 1. The van der Waals surface area contributed by atoms with Crippen LogP contribution >= 0.6 is 0 Å². The zero-order valence-corrected chi connectivity index (χ0v) is 24.0. The van der Waals surface area contributed by atoms with Gasteiger partial charge >= 0.3 is 11.9 Å². The first kappa shape index (κ1) is 29.3. The van der Waals surface area contributed by atoms with Crippen LogP contribution in [0.5, 0.6) is 5.75 Å². The number of benzene rings is 4. The van der Waals surface area contributed by atoms with Crippen molar-refractivity contribution in [2.45, 2.75) is 33.0 Å². The zero-order valence-electron chi connectivity index (χ0n) is 24.0. The predicted molar refractivity (Wildman–Crippen MR) is 162 cm³/mol. The van der Waals surface area contributed by atoms with Gasteiger partial charge in [0.25, 0.3) is 0 Å². The maximum absolute atomic E-state index is 13.1. The Morgan fingerprint density at radius 3 is 1.79 bits per heavy atom. The minimum Gasteiger partial charge on any atom is -0.493 e. The molecule has 0 atom stereocenters. The van der Waals surface area contributed by atoms with Gasteiger partial charge in [-0.2, -0.15) is 0 Å². The number of hydrogen-bond donors (Lipinski definition) is 0. The highest BCUT2D eigenvalue weighted by Crippen LogP contribution is 2.23. The van der Waals surface area contributed by atoms with Crippen molar-refractivity contribution in [2.75, 3.05) is 6.61 Å². The van der Waals surface area contributed by atoms with Gasteiger partial charge in [0, 0.05) is 12.0 Å². The summed E-state index contributed by atoms with van der Waals surface area (Å²) in [6.07, 6.45) is 0.731. The summed E-state index contributed by atoms with van der Waals surface area (Å²) in [6, 6.07) is 35.8. The third kappa shape index (κ3) is 8.42. The van der Waals surface area contributed by atoms with Gasteiger partial charge in [0.1, 0.15) is 24.7 Å². The van der Waals surface area contributed by atoms with Crippen LogP contribution in [0, 0.1) is 12.8 Å². The van der Waals surface area contributed by atoms with Crippen LogP contribution in [0.15, 0.2) is 120 Å². The van der Waals surface area contributed by atoms with Crippen LogP contribution in [-0.4, -0.2) is 23.5 Å². The van der Waals surface area contributed by atoms with Crippen LogP contribution in [0.2, 0.25) is 0 Å². The number of ether oxygens (including phenoxy) is 3. The molecule has 218 valence electrons. The molecule has 4 aromatic carbocycles. The summed E-state index contributed by atoms with van der Waals surface area (Å²) in [7, 11) is 0. The molecule has 1 heterocycles. The molecule has 0 aliphatic carbocycles. The van der Waals surface area contributed by atoms with E-state index in [1.54, 1.807) is 0 Å². The lowest BCUT2D eigenvalue weighted by Crippen LogP contribution is -2.30. The first-order valence-electron chi connectivity index (χ1n) is 14.2. The molecule has 0 aliphatic rings. The molecule has 7 nitrogen and oxygen atoms in total. The number of hydrogen-bond acceptors (Lipinski definition) is 7. The second kappa shape index (κ2) is 14.6. The van der Waals surface area contributed by atoms with Crippen LogP contribution < -0.4 is 4.74 Å². The number of oxazole rings is 1. The molecule has 1 aromatic heterocycles. The second-order valence-electron chi connectivity index (χ2n) is 10.1. The van der Waals surface area contributed by atoms with Gasteiger partial charge < -0.3 is 18.6 Å². The van der Waals surface area contributed by atoms with E-state index >= 15 is 0 Å². The third-order valence-electron chi connectivity index (χ3n) is 6.90. The number of carbonyl (C=O) groups is 2. The molecule has 0 unspecified atom stereocenters. The maximum atomic E-state index is 13.1. The fourth-order valence-electron chi connectivity index (χ4n) is 4.51. The van der Waals surface area contributed by atoms with Crippen LogP contribution in [0.3, 0.4) is 0 Å². The Kier molecular flexibility index (Phi) is 9.98. The molecule has 0 saturated carbocycles. The fourth-order valence-corrected chi connectivity index (χ4v) is 4.51. The topological polar surface area (TPSA) is 87.9 Å². The van der Waals surface area contributed by atoms with Crippen molar-refractivity contribution in [1.29, 1.82) is 0 Å². The van der Waals surface area contributed by atoms with Crippen LogP contribution in [0.1, 0.15) is 28.1 Å². The predicted octanol–water partition coefficient (Wildman–Crippen LogP) is 6.92. The summed E-state index contributed by atoms with van der Waals surface area (Å²) >= 11 is 0. The molecule has 0 aliphatic heterocycles. The van der Waals surface area contributed by atoms with Crippen molar-refractivity contribution in [3.8, 4) is 17.2 Å². The average Bonchev–Trinajstić information content (AvgIpc) is 3.43. The second-order valence-corrected chi connectivity index (χ2v) is 10.1. The maximum Gasteiger partial charge on any atom is 0.321 e. The van der Waals surface area contributed by atoms with Crippen LogP contribution in [-0.2, 0) is 45.1 Å². The molecule has 0 saturated heterocycles. The molecular formula is C36H33NO6. The monoisotopic (exact) mass is 575 g/mol. The number of rotatable bonds is 13. The summed E-state index contributed by atoms with van der Waals surface area (Å²) in [6.45, 7) is 2.47. The number of carbonyl (C=O) groups excluding carboxylic acids is 2. The van der Waals surface area contributed by atoms with E-state index in [9.17, 15) is 9.59 Å². The summed E-state index contributed by atoms with van der Waals surface area (Å²) in [5.41, 5.74) is 4.24. The van der Waals surface area contributed by atoms with Crippen molar-refractivity contribution in [3.63, 3.8) is 0 Å². The van der Waals surface area contributed by atoms with Gasteiger partial charge in [0.15, 0.2) is 5.92 Å². The van der Waals surface area contributed by atoms with E-state index in [0.29, 0.717) is 24.7 Å². The Morgan fingerprint density at radius 2 is 1.23 bits per heavy atom. The average molecular weight is 576 g/mol. The molecular weight excluding hydrogens is 542 g/mol. The molecule has 0 spiro atoms. The van der Waals surface area contributed by atoms with Crippen LogP contribution in [0.4, 0.5) is 0 Å². The minimum atomic E-state index is -1.10. The van der Waals surface area contributed by atoms with Gasteiger partial charge in [0.05, 0.1) is 12.3 Å². The van der Waals surface area contributed by atoms with E-state index in [2.05, 4.69) is 4.98 Å². The Labute approximate surface area is 251 Å². The lowest BCUT2D eigenvalue weighted by atomic mass is 9.99.